The highest BCUT2D eigenvalue weighted by Gasteiger charge is 2.28. The van der Waals surface area contributed by atoms with Crippen LogP contribution < -0.4 is 5.32 Å². The fourth-order valence-corrected chi connectivity index (χ4v) is 3.42. The first kappa shape index (κ1) is 10.4. The summed E-state index contributed by atoms with van der Waals surface area (Å²) in [5.74, 6) is 1.32. The first-order chi connectivity index (χ1) is 6.79. The van der Waals surface area contributed by atoms with Gasteiger partial charge in [-0.1, -0.05) is 4.49 Å². The summed E-state index contributed by atoms with van der Waals surface area (Å²) in [6, 6.07) is 0. The van der Waals surface area contributed by atoms with Crippen LogP contribution in [-0.4, -0.2) is 26.6 Å². The quantitative estimate of drug-likeness (QED) is 0.856. The van der Waals surface area contributed by atoms with Gasteiger partial charge < -0.3 is 5.32 Å². The van der Waals surface area contributed by atoms with Crippen LogP contribution in [-0.2, 0) is 6.54 Å². The second kappa shape index (κ2) is 4.59. The van der Waals surface area contributed by atoms with Crippen LogP contribution in [0.15, 0.2) is 5.38 Å². The highest BCUT2D eigenvalue weighted by molar-refractivity contribution is 8.00. The number of hydrogen-bond acceptors (Lipinski definition) is 5. The van der Waals surface area contributed by atoms with Gasteiger partial charge in [0.15, 0.2) is 0 Å². The zero-order chi connectivity index (χ0) is 9.86. The van der Waals surface area contributed by atoms with Gasteiger partial charge in [-0.3, -0.25) is 0 Å². The number of nitrogens with one attached hydrogen (secondary N) is 1. The average molecular weight is 229 g/mol. The van der Waals surface area contributed by atoms with E-state index in [0.29, 0.717) is 4.75 Å². The molecule has 14 heavy (non-hydrogen) atoms. The van der Waals surface area contributed by atoms with Gasteiger partial charge in [0, 0.05) is 23.2 Å². The predicted molar refractivity (Wildman–Crippen MR) is 61.7 cm³/mol. The van der Waals surface area contributed by atoms with Crippen LogP contribution in [0, 0.1) is 0 Å². The van der Waals surface area contributed by atoms with Gasteiger partial charge in [0.2, 0.25) is 0 Å². The number of aromatic nitrogens is 2. The molecule has 5 heteroatoms. The molecule has 1 N–H and O–H groups in total. The van der Waals surface area contributed by atoms with Crippen molar-refractivity contribution >= 4 is 23.3 Å². The van der Waals surface area contributed by atoms with Crippen LogP contribution in [0.2, 0.25) is 0 Å². The molecule has 1 aromatic heterocycles. The topological polar surface area (TPSA) is 37.8 Å². The molecule has 1 unspecified atom stereocenters. The van der Waals surface area contributed by atoms with Crippen molar-refractivity contribution in [2.75, 3.05) is 12.3 Å². The Bertz CT molecular complexity index is 268. The molecule has 1 fully saturated rings. The zero-order valence-corrected chi connectivity index (χ0v) is 9.96. The molecule has 1 aliphatic rings. The Balaban J connectivity index is 1.72. The maximum Gasteiger partial charge on any atom is 0.0893 e. The third-order valence-electron chi connectivity index (χ3n) is 2.51. The number of thioether (sulfide) groups is 1. The number of nitrogens with zero attached hydrogens (tertiary/aromatic N) is 2. The van der Waals surface area contributed by atoms with Gasteiger partial charge in [-0.25, -0.2) is 0 Å². The van der Waals surface area contributed by atoms with E-state index in [9.17, 15) is 0 Å². The van der Waals surface area contributed by atoms with E-state index < -0.39 is 0 Å². The van der Waals surface area contributed by atoms with Gasteiger partial charge in [-0.05, 0) is 37.1 Å². The Hall–Kier alpha value is -0.130. The van der Waals surface area contributed by atoms with Gasteiger partial charge in [0.1, 0.15) is 0 Å². The van der Waals surface area contributed by atoms with Crippen LogP contribution in [0.5, 0.6) is 0 Å². The Morgan fingerprint density at radius 3 is 3.21 bits per heavy atom. The van der Waals surface area contributed by atoms with Crippen LogP contribution in [0.3, 0.4) is 0 Å². The molecule has 1 atom stereocenters. The Morgan fingerprint density at radius 2 is 2.57 bits per heavy atom. The van der Waals surface area contributed by atoms with Crippen LogP contribution in [0.25, 0.3) is 0 Å². The van der Waals surface area contributed by atoms with Gasteiger partial charge >= 0.3 is 0 Å². The molecule has 0 saturated carbocycles. The lowest BCUT2D eigenvalue weighted by molar-refractivity contribution is 0.533. The van der Waals surface area contributed by atoms with Crippen LogP contribution in [0.4, 0.5) is 0 Å². The lowest BCUT2D eigenvalue weighted by Gasteiger charge is -2.22. The van der Waals surface area contributed by atoms with Crippen molar-refractivity contribution in [3.05, 3.63) is 11.1 Å². The fourth-order valence-electron chi connectivity index (χ4n) is 1.69. The monoisotopic (exact) mass is 229 g/mol. The first-order valence-electron chi connectivity index (χ1n) is 4.89. The molecule has 1 aromatic rings. The molecule has 78 valence electrons. The molecule has 3 nitrogen and oxygen atoms in total. The average Bonchev–Trinajstić information content (AvgIpc) is 2.77. The maximum atomic E-state index is 4.00. The van der Waals surface area contributed by atoms with E-state index in [1.54, 1.807) is 0 Å². The van der Waals surface area contributed by atoms with E-state index in [1.165, 1.54) is 30.1 Å². The van der Waals surface area contributed by atoms with Crippen molar-refractivity contribution in [3.8, 4) is 0 Å². The standard InChI is InChI=1S/C9H15N3S2/c1-9(3-2-4-13-9)7-10-5-8-6-14-12-11-8/h6,10H,2-5,7H2,1H3. The second-order valence-electron chi connectivity index (χ2n) is 3.90. The molecule has 1 aliphatic heterocycles. The largest absolute Gasteiger partial charge is 0.310 e. The number of hydrogen-bond donors (Lipinski definition) is 1. The summed E-state index contributed by atoms with van der Waals surface area (Å²) in [5.41, 5.74) is 1.06. The molecule has 1 saturated heterocycles. The smallest absolute Gasteiger partial charge is 0.0893 e. The Labute approximate surface area is 92.8 Å². The lowest BCUT2D eigenvalue weighted by atomic mass is 10.1. The molecule has 2 heterocycles. The SMILES string of the molecule is CC1(CNCc2csnn2)CCCS1. The maximum absolute atomic E-state index is 4.00. The van der Waals surface area contributed by atoms with Gasteiger partial charge in [-0.15, -0.1) is 5.10 Å². The van der Waals surface area contributed by atoms with Crippen molar-refractivity contribution in [2.45, 2.75) is 31.1 Å². The minimum Gasteiger partial charge on any atom is -0.310 e. The molecule has 0 amide bonds. The minimum atomic E-state index is 0.448. The fraction of sp³-hybridized carbons (Fsp3) is 0.778. The van der Waals surface area contributed by atoms with E-state index in [1.807, 2.05) is 5.38 Å². The summed E-state index contributed by atoms with van der Waals surface area (Å²) in [4.78, 5) is 0. The van der Waals surface area contributed by atoms with Gasteiger partial charge in [0.25, 0.3) is 0 Å². The molecular formula is C9H15N3S2. The van der Waals surface area contributed by atoms with E-state index >= 15 is 0 Å². The van der Waals surface area contributed by atoms with E-state index in [0.717, 1.165) is 18.8 Å². The van der Waals surface area contributed by atoms with Crippen molar-refractivity contribution in [3.63, 3.8) is 0 Å². The summed E-state index contributed by atoms with van der Waals surface area (Å²) in [7, 11) is 0. The van der Waals surface area contributed by atoms with E-state index in [-0.39, 0.29) is 0 Å². The molecule has 0 radical (unpaired) electrons. The summed E-state index contributed by atoms with van der Waals surface area (Å²) < 4.78 is 4.28. The molecular weight excluding hydrogens is 214 g/mol. The predicted octanol–water partition coefficient (Wildman–Crippen LogP) is 1.91. The molecule has 2 rings (SSSR count). The molecule has 0 aromatic carbocycles. The van der Waals surface area contributed by atoms with Crippen molar-refractivity contribution in [2.24, 2.45) is 0 Å². The summed E-state index contributed by atoms with van der Waals surface area (Å²) in [6.45, 7) is 4.28. The van der Waals surface area contributed by atoms with E-state index in [2.05, 4.69) is 33.6 Å². The van der Waals surface area contributed by atoms with Crippen molar-refractivity contribution in [1.29, 1.82) is 0 Å². The molecule has 0 aliphatic carbocycles. The Morgan fingerprint density at radius 1 is 1.64 bits per heavy atom. The van der Waals surface area contributed by atoms with Crippen LogP contribution in [0.1, 0.15) is 25.5 Å². The highest BCUT2D eigenvalue weighted by atomic mass is 32.2. The molecule has 0 spiro atoms. The van der Waals surface area contributed by atoms with Gasteiger partial charge in [0.05, 0.1) is 5.69 Å². The zero-order valence-electron chi connectivity index (χ0n) is 8.32. The number of rotatable bonds is 4. The summed E-state index contributed by atoms with van der Waals surface area (Å²) in [5, 5.41) is 9.45. The van der Waals surface area contributed by atoms with Gasteiger partial charge in [-0.2, -0.15) is 11.8 Å². The normalized spacial score (nSPS) is 26.9. The third kappa shape index (κ3) is 2.68. The van der Waals surface area contributed by atoms with Crippen molar-refractivity contribution < 1.29 is 0 Å². The Kier molecular flexibility index (Phi) is 3.41. The highest BCUT2D eigenvalue weighted by Crippen LogP contribution is 2.36. The summed E-state index contributed by atoms with van der Waals surface area (Å²) >= 11 is 3.50. The van der Waals surface area contributed by atoms with E-state index in [4.69, 9.17) is 0 Å². The molecule has 0 bridgehead atoms. The summed E-state index contributed by atoms with van der Waals surface area (Å²) in [6.07, 6.45) is 2.70. The first-order valence-corrected chi connectivity index (χ1v) is 6.71. The second-order valence-corrected chi connectivity index (χ2v) is 6.19. The third-order valence-corrected chi connectivity index (χ3v) is 4.60. The van der Waals surface area contributed by atoms with Crippen molar-refractivity contribution in [1.82, 2.24) is 14.9 Å². The minimum absolute atomic E-state index is 0.448. The lowest BCUT2D eigenvalue weighted by Crippen LogP contribution is -2.32. The van der Waals surface area contributed by atoms with Crippen LogP contribution >= 0.6 is 23.3 Å².